The number of rotatable bonds is 3. The van der Waals surface area contributed by atoms with Crippen LogP contribution in [0.15, 0.2) is 48.5 Å². The Bertz CT molecular complexity index is 697. The van der Waals surface area contributed by atoms with Gasteiger partial charge in [-0.2, -0.15) is 5.26 Å². The zero-order valence-corrected chi connectivity index (χ0v) is 12.1. The van der Waals surface area contributed by atoms with Crippen LogP contribution in [0.25, 0.3) is 0 Å². The lowest BCUT2D eigenvalue weighted by Crippen LogP contribution is -2.34. The summed E-state index contributed by atoms with van der Waals surface area (Å²) in [6.07, 6.45) is 0. The second-order valence-electron chi connectivity index (χ2n) is 5.36. The first-order valence-corrected chi connectivity index (χ1v) is 6.62. The van der Waals surface area contributed by atoms with E-state index in [2.05, 4.69) is 11.4 Å². The van der Waals surface area contributed by atoms with Crippen molar-refractivity contribution in [3.63, 3.8) is 0 Å². The molecule has 21 heavy (non-hydrogen) atoms. The van der Waals surface area contributed by atoms with E-state index in [1.807, 2.05) is 26.0 Å². The summed E-state index contributed by atoms with van der Waals surface area (Å²) in [4.78, 5) is 12.5. The Morgan fingerprint density at radius 1 is 1.14 bits per heavy atom. The summed E-state index contributed by atoms with van der Waals surface area (Å²) in [7, 11) is 0. The largest absolute Gasteiger partial charge is 0.399 e. The minimum Gasteiger partial charge on any atom is -0.399 e. The summed E-state index contributed by atoms with van der Waals surface area (Å²) in [6, 6.07) is 16.2. The van der Waals surface area contributed by atoms with Crippen LogP contribution in [-0.2, 0) is 10.2 Å². The van der Waals surface area contributed by atoms with Crippen molar-refractivity contribution in [3.05, 3.63) is 59.7 Å². The maximum atomic E-state index is 12.5. The van der Waals surface area contributed by atoms with Crippen LogP contribution in [0.5, 0.6) is 0 Å². The summed E-state index contributed by atoms with van der Waals surface area (Å²) in [5, 5.41) is 11.9. The van der Waals surface area contributed by atoms with Crippen molar-refractivity contribution in [2.24, 2.45) is 0 Å². The fraction of sp³-hybridized carbons (Fsp3) is 0.176. The number of hydrogen-bond donors (Lipinski definition) is 2. The van der Waals surface area contributed by atoms with Crippen LogP contribution in [0.1, 0.15) is 25.0 Å². The number of amides is 1. The average Bonchev–Trinajstić information content (AvgIpc) is 2.48. The number of hydrogen-bond acceptors (Lipinski definition) is 3. The number of para-hydroxylation sites is 1. The third-order valence-electron chi connectivity index (χ3n) is 3.50. The Morgan fingerprint density at radius 3 is 2.38 bits per heavy atom. The summed E-state index contributed by atoms with van der Waals surface area (Å²) in [6.45, 7) is 3.67. The molecule has 2 aromatic rings. The van der Waals surface area contributed by atoms with Crippen molar-refractivity contribution >= 4 is 17.3 Å². The monoisotopic (exact) mass is 279 g/mol. The maximum Gasteiger partial charge on any atom is 0.234 e. The molecule has 0 saturated heterocycles. The summed E-state index contributed by atoms with van der Waals surface area (Å²) >= 11 is 0. The van der Waals surface area contributed by atoms with Gasteiger partial charge >= 0.3 is 0 Å². The lowest BCUT2D eigenvalue weighted by Gasteiger charge is -2.24. The standard InChI is InChI=1S/C17H17N3O/c1-17(2,13-7-9-14(19)10-8-13)16(21)20-15-6-4-3-5-12(15)11-18/h3-10H,19H2,1-2H3,(H,20,21). The van der Waals surface area contributed by atoms with E-state index in [1.165, 1.54) is 0 Å². The van der Waals surface area contributed by atoms with E-state index in [-0.39, 0.29) is 5.91 Å². The maximum absolute atomic E-state index is 12.5. The van der Waals surface area contributed by atoms with Crippen LogP contribution in [0, 0.1) is 11.3 Å². The zero-order valence-electron chi connectivity index (χ0n) is 12.1. The Morgan fingerprint density at radius 2 is 1.76 bits per heavy atom. The van der Waals surface area contributed by atoms with Crippen LogP contribution in [-0.4, -0.2) is 5.91 Å². The number of nitrogens with zero attached hydrogens (tertiary/aromatic N) is 1. The number of benzene rings is 2. The number of nitrogens with one attached hydrogen (secondary N) is 1. The lowest BCUT2D eigenvalue weighted by atomic mass is 9.83. The first kappa shape index (κ1) is 14.6. The van der Waals surface area contributed by atoms with Crippen LogP contribution in [0.4, 0.5) is 11.4 Å². The first-order valence-electron chi connectivity index (χ1n) is 6.62. The Hall–Kier alpha value is -2.80. The van der Waals surface area contributed by atoms with E-state index >= 15 is 0 Å². The molecule has 0 atom stereocenters. The second kappa shape index (κ2) is 5.68. The van der Waals surface area contributed by atoms with Crippen molar-refractivity contribution in [1.29, 1.82) is 5.26 Å². The number of nitrogens with two attached hydrogens (primary N) is 1. The van der Waals surface area contributed by atoms with E-state index in [9.17, 15) is 4.79 Å². The van der Waals surface area contributed by atoms with Crippen molar-refractivity contribution in [2.75, 3.05) is 11.1 Å². The van der Waals surface area contributed by atoms with E-state index < -0.39 is 5.41 Å². The van der Waals surface area contributed by atoms with Gasteiger partial charge in [-0.3, -0.25) is 4.79 Å². The Labute approximate surface area is 124 Å². The summed E-state index contributed by atoms with van der Waals surface area (Å²) in [5.74, 6) is -0.171. The molecule has 3 N–H and O–H groups in total. The molecular weight excluding hydrogens is 262 g/mol. The van der Waals surface area contributed by atoms with Gasteiger partial charge in [0, 0.05) is 5.69 Å². The molecule has 1 amide bonds. The number of anilines is 2. The van der Waals surface area contributed by atoms with Crippen molar-refractivity contribution < 1.29 is 4.79 Å². The number of carbonyl (C=O) groups is 1. The van der Waals surface area contributed by atoms with Crippen LogP contribution < -0.4 is 11.1 Å². The molecule has 0 bridgehead atoms. The topological polar surface area (TPSA) is 78.9 Å². The molecule has 0 aliphatic heterocycles. The molecule has 106 valence electrons. The van der Waals surface area contributed by atoms with Crippen LogP contribution in [0.2, 0.25) is 0 Å². The molecule has 2 aromatic carbocycles. The quantitative estimate of drug-likeness (QED) is 0.847. The summed E-state index contributed by atoms with van der Waals surface area (Å²) in [5.41, 5.74) is 7.43. The highest BCUT2D eigenvalue weighted by Crippen LogP contribution is 2.26. The molecule has 0 fully saturated rings. The SMILES string of the molecule is CC(C)(C(=O)Nc1ccccc1C#N)c1ccc(N)cc1. The van der Waals surface area contributed by atoms with Gasteiger partial charge in [-0.05, 0) is 43.7 Å². The average molecular weight is 279 g/mol. The van der Waals surface area contributed by atoms with E-state index in [4.69, 9.17) is 11.0 Å². The molecule has 2 rings (SSSR count). The molecule has 0 heterocycles. The van der Waals surface area contributed by atoms with Gasteiger partial charge in [0.2, 0.25) is 5.91 Å². The highest BCUT2D eigenvalue weighted by atomic mass is 16.2. The lowest BCUT2D eigenvalue weighted by molar-refractivity contribution is -0.120. The van der Waals surface area contributed by atoms with Gasteiger partial charge in [0.1, 0.15) is 6.07 Å². The van der Waals surface area contributed by atoms with Gasteiger partial charge in [-0.25, -0.2) is 0 Å². The van der Waals surface area contributed by atoms with Gasteiger partial charge in [0.25, 0.3) is 0 Å². The first-order chi connectivity index (χ1) is 9.95. The molecule has 0 saturated carbocycles. The van der Waals surface area contributed by atoms with Crippen LogP contribution in [0.3, 0.4) is 0 Å². The zero-order chi connectivity index (χ0) is 15.5. The van der Waals surface area contributed by atoms with E-state index in [0.717, 1.165) is 5.56 Å². The number of nitrogen functional groups attached to an aromatic ring is 1. The smallest absolute Gasteiger partial charge is 0.234 e. The fourth-order valence-electron chi connectivity index (χ4n) is 2.00. The third-order valence-corrected chi connectivity index (χ3v) is 3.50. The molecule has 4 nitrogen and oxygen atoms in total. The normalized spacial score (nSPS) is 10.7. The highest BCUT2D eigenvalue weighted by Gasteiger charge is 2.30. The van der Waals surface area contributed by atoms with E-state index in [1.54, 1.807) is 36.4 Å². The Balaban J connectivity index is 2.27. The van der Waals surface area contributed by atoms with Crippen molar-refractivity contribution in [1.82, 2.24) is 0 Å². The van der Waals surface area contributed by atoms with E-state index in [0.29, 0.717) is 16.9 Å². The minimum absolute atomic E-state index is 0.171. The third kappa shape index (κ3) is 3.03. The predicted molar refractivity (Wildman–Crippen MR) is 83.7 cm³/mol. The molecule has 0 radical (unpaired) electrons. The molecule has 0 aromatic heterocycles. The van der Waals surface area contributed by atoms with Crippen molar-refractivity contribution in [2.45, 2.75) is 19.3 Å². The molecule has 0 aliphatic rings. The van der Waals surface area contributed by atoms with Crippen LogP contribution >= 0.6 is 0 Å². The number of nitriles is 1. The summed E-state index contributed by atoms with van der Waals surface area (Å²) < 4.78 is 0. The molecule has 4 heteroatoms. The fourth-order valence-corrected chi connectivity index (χ4v) is 2.00. The molecular formula is C17H17N3O. The second-order valence-corrected chi connectivity index (χ2v) is 5.36. The predicted octanol–water partition coefficient (Wildman–Crippen LogP) is 3.06. The Kier molecular flexibility index (Phi) is 3.95. The van der Waals surface area contributed by atoms with Gasteiger partial charge < -0.3 is 11.1 Å². The molecule has 0 unspecified atom stereocenters. The van der Waals surface area contributed by atoms with Crippen molar-refractivity contribution in [3.8, 4) is 6.07 Å². The van der Waals surface area contributed by atoms with Gasteiger partial charge in [-0.15, -0.1) is 0 Å². The van der Waals surface area contributed by atoms with Gasteiger partial charge in [0.15, 0.2) is 0 Å². The molecule has 0 spiro atoms. The highest BCUT2D eigenvalue weighted by molar-refractivity contribution is 5.99. The minimum atomic E-state index is -0.726. The van der Waals surface area contributed by atoms with Gasteiger partial charge in [0.05, 0.1) is 16.7 Å². The number of carbonyl (C=O) groups excluding carboxylic acids is 1. The van der Waals surface area contributed by atoms with Gasteiger partial charge in [-0.1, -0.05) is 24.3 Å². The molecule has 0 aliphatic carbocycles.